The molecule has 0 saturated carbocycles. The zero-order valence-electron chi connectivity index (χ0n) is 18.4. The molecule has 32 heavy (non-hydrogen) atoms. The van der Waals surface area contributed by atoms with E-state index in [2.05, 4.69) is 0 Å². The van der Waals surface area contributed by atoms with Crippen molar-refractivity contribution in [3.05, 3.63) is 70.0 Å². The van der Waals surface area contributed by atoms with Crippen LogP contribution >= 0.6 is 0 Å². The number of hydrogen-bond acceptors (Lipinski definition) is 3. The number of alkyl halides is 1. The van der Waals surface area contributed by atoms with E-state index in [-0.39, 0.29) is 36.3 Å². The average molecular weight is 449 g/mol. The highest BCUT2D eigenvalue weighted by atomic mass is 19.1. The van der Waals surface area contributed by atoms with Crippen LogP contribution in [0.15, 0.2) is 35.9 Å². The predicted molar refractivity (Wildman–Crippen MR) is 115 cm³/mol. The van der Waals surface area contributed by atoms with Gasteiger partial charge in [-0.3, -0.25) is 4.90 Å². The minimum Gasteiger partial charge on any atom is -0.494 e. The summed E-state index contributed by atoms with van der Waals surface area (Å²) < 4.78 is 64.7. The maximum atomic E-state index is 15.3. The molecule has 3 nitrogen and oxygen atoms in total. The molecule has 0 radical (unpaired) electrons. The Morgan fingerprint density at radius 3 is 2.47 bits per heavy atom. The van der Waals surface area contributed by atoms with Crippen molar-refractivity contribution in [2.45, 2.75) is 51.4 Å². The van der Waals surface area contributed by atoms with Crippen LogP contribution in [0.5, 0.6) is 5.75 Å². The van der Waals surface area contributed by atoms with Crippen LogP contribution in [-0.2, 0) is 6.42 Å². The van der Waals surface area contributed by atoms with Crippen molar-refractivity contribution < 1.29 is 27.4 Å². The number of ether oxygens (including phenoxy) is 1. The van der Waals surface area contributed by atoms with Crippen LogP contribution in [0.3, 0.4) is 0 Å². The number of fused-ring (bicyclic) bond motifs is 2. The van der Waals surface area contributed by atoms with E-state index in [1.54, 1.807) is 17.9 Å². The molecule has 4 rings (SSSR count). The standard InChI is InChI=1S/C25H27F4NO2/c1-4-32-17-10-21(27)23(22(28)11-17)24-20-9-15-8-16(26)5-6-18(15)19(20)7-14(2)30(24)12-25(3,29)13-31/h5-6,8,10-11,14,24,31H,4,7,9,12-13H2,1-3H3. The Bertz CT molecular complexity index is 1040. The van der Waals surface area contributed by atoms with Gasteiger partial charge in [-0.15, -0.1) is 0 Å². The summed E-state index contributed by atoms with van der Waals surface area (Å²) >= 11 is 0. The number of benzene rings is 2. The van der Waals surface area contributed by atoms with Gasteiger partial charge in [0.25, 0.3) is 0 Å². The van der Waals surface area contributed by atoms with Crippen molar-refractivity contribution in [1.82, 2.24) is 4.90 Å². The highest BCUT2D eigenvalue weighted by molar-refractivity contribution is 5.79. The lowest BCUT2D eigenvalue weighted by Crippen LogP contribution is -2.49. The molecule has 1 aliphatic carbocycles. The van der Waals surface area contributed by atoms with Gasteiger partial charge in [0.2, 0.25) is 0 Å². The Morgan fingerprint density at radius 1 is 1.16 bits per heavy atom. The molecule has 1 heterocycles. The molecular weight excluding hydrogens is 422 g/mol. The SMILES string of the molecule is CCOc1cc(F)c(C2C3=C(CC(C)N2CC(C)(F)CO)c2ccc(F)cc2C3)c(F)c1. The quantitative estimate of drug-likeness (QED) is 0.602. The van der Waals surface area contributed by atoms with Gasteiger partial charge >= 0.3 is 0 Å². The summed E-state index contributed by atoms with van der Waals surface area (Å²) in [5, 5.41) is 9.51. The van der Waals surface area contributed by atoms with Crippen LogP contribution in [0.25, 0.3) is 5.57 Å². The van der Waals surface area contributed by atoms with Crippen LogP contribution < -0.4 is 4.74 Å². The van der Waals surface area contributed by atoms with Gasteiger partial charge < -0.3 is 9.84 Å². The summed E-state index contributed by atoms with van der Waals surface area (Å²) in [6.45, 7) is 4.20. The molecule has 0 saturated heterocycles. The Morgan fingerprint density at radius 2 is 1.84 bits per heavy atom. The fourth-order valence-electron chi connectivity index (χ4n) is 4.95. The van der Waals surface area contributed by atoms with Gasteiger partial charge in [0.15, 0.2) is 0 Å². The molecule has 172 valence electrons. The third-order valence-corrected chi connectivity index (χ3v) is 6.37. The maximum absolute atomic E-state index is 15.3. The first-order valence-electron chi connectivity index (χ1n) is 10.8. The summed E-state index contributed by atoms with van der Waals surface area (Å²) in [6, 6.07) is 5.65. The van der Waals surface area contributed by atoms with Gasteiger partial charge in [0.05, 0.1) is 19.3 Å². The lowest BCUT2D eigenvalue weighted by atomic mass is 9.84. The molecular formula is C25H27F4NO2. The summed E-state index contributed by atoms with van der Waals surface area (Å²) in [4.78, 5) is 1.71. The van der Waals surface area contributed by atoms with Crippen LogP contribution in [0, 0.1) is 17.5 Å². The number of aliphatic hydroxyl groups is 1. The summed E-state index contributed by atoms with van der Waals surface area (Å²) in [5.74, 6) is -1.86. The van der Waals surface area contributed by atoms with Gasteiger partial charge in [0, 0.05) is 30.3 Å². The number of nitrogens with zero attached hydrogens (tertiary/aromatic N) is 1. The van der Waals surface area contributed by atoms with E-state index in [0.29, 0.717) is 12.8 Å². The van der Waals surface area contributed by atoms with E-state index in [1.807, 2.05) is 6.92 Å². The minimum atomic E-state index is -1.96. The van der Waals surface area contributed by atoms with E-state index in [1.165, 1.54) is 19.1 Å². The molecule has 0 spiro atoms. The smallest absolute Gasteiger partial charge is 0.143 e. The molecule has 0 aromatic heterocycles. The van der Waals surface area contributed by atoms with Crippen molar-refractivity contribution >= 4 is 5.57 Å². The van der Waals surface area contributed by atoms with Gasteiger partial charge in [-0.1, -0.05) is 6.07 Å². The Labute approximate surface area is 185 Å². The topological polar surface area (TPSA) is 32.7 Å². The van der Waals surface area contributed by atoms with Crippen LogP contribution in [-0.4, -0.2) is 41.5 Å². The molecule has 0 bridgehead atoms. The molecule has 3 atom stereocenters. The second kappa shape index (κ2) is 8.52. The third kappa shape index (κ3) is 4.04. The number of halogens is 4. The molecule has 7 heteroatoms. The van der Waals surface area contributed by atoms with Crippen molar-refractivity contribution in [2.75, 3.05) is 19.8 Å². The molecule has 0 amide bonds. The Balaban J connectivity index is 1.87. The largest absolute Gasteiger partial charge is 0.494 e. The average Bonchev–Trinajstić information content (AvgIpc) is 3.06. The summed E-state index contributed by atoms with van der Waals surface area (Å²) in [7, 11) is 0. The van der Waals surface area contributed by atoms with E-state index >= 15 is 8.78 Å². The fraction of sp³-hybridized carbons (Fsp3) is 0.440. The van der Waals surface area contributed by atoms with Gasteiger partial charge in [-0.25, -0.2) is 17.6 Å². The van der Waals surface area contributed by atoms with Crippen LogP contribution in [0.1, 0.15) is 49.9 Å². The lowest BCUT2D eigenvalue weighted by Gasteiger charge is -2.44. The number of rotatable bonds is 6. The van der Waals surface area contributed by atoms with E-state index < -0.39 is 30.0 Å². The molecule has 2 aromatic rings. The summed E-state index contributed by atoms with van der Waals surface area (Å²) in [6.07, 6.45) is 0.858. The van der Waals surface area contributed by atoms with Gasteiger partial charge in [-0.05, 0) is 68.0 Å². The van der Waals surface area contributed by atoms with Crippen molar-refractivity contribution in [1.29, 1.82) is 0 Å². The summed E-state index contributed by atoms with van der Waals surface area (Å²) in [5.41, 5.74) is 1.14. The van der Waals surface area contributed by atoms with Gasteiger partial charge in [-0.2, -0.15) is 0 Å². The first-order valence-corrected chi connectivity index (χ1v) is 10.8. The number of aliphatic hydroxyl groups excluding tert-OH is 1. The predicted octanol–water partition coefficient (Wildman–Crippen LogP) is 5.37. The monoisotopic (exact) mass is 449 g/mol. The second-order valence-electron chi connectivity index (χ2n) is 8.92. The first kappa shape index (κ1) is 22.8. The Hall–Kier alpha value is -2.38. The van der Waals surface area contributed by atoms with E-state index in [9.17, 15) is 13.9 Å². The zero-order chi connectivity index (χ0) is 23.2. The van der Waals surface area contributed by atoms with E-state index in [0.717, 1.165) is 34.4 Å². The highest BCUT2D eigenvalue weighted by Gasteiger charge is 2.43. The lowest BCUT2D eigenvalue weighted by molar-refractivity contribution is 0.0181. The third-order valence-electron chi connectivity index (χ3n) is 6.37. The Kier molecular flexibility index (Phi) is 6.07. The molecule has 2 aromatic carbocycles. The second-order valence-corrected chi connectivity index (χ2v) is 8.92. The molecule has 1 aliphatic heterocycles. The molecule has 1 N–H and O–H groups in total. The zero-order valence-corrected chi connectivity index (χ0v) is 18.4. The van der Waals surface area contributed by atoms with Crippen molar-refractivity contribution in [3.63, 3.8) is 0 Å². The van der Waals surface area contributed by atoms with Crippen LogP contribution in [0.4, 0.5) is 17.6 Å². The number of hydrogen-bond donors (Lipinski definition) is 1. The highest BCUT2D eigenvalue weighted by Crippen LogP contribution is 2.50. The van der Waals surface area contributed by atoms with Crippen molar-refractivity contribution in [2.24, 2.45) is 0 Å². The molecule has 3 unspecified atom stereocenters. The maximum Gasteiger partial charge on any atom is 0.143 e. The molecule has 0 fully saturated rings. The minimum absolute atomic E-state index is 0.0818. The normalized spacial score (nSPS) is 22.5. The molecule has 2 aliphatic rings. The van der Waals surface area contributed by atoms with Crippen LogP contribution in [0.2, 0.25) is 0 Å². The fourth-order valence-corrected chi connectivity index (χ4v) is 4.95. The first-order chi connectivity index (χ1) is 15.1. The van der Waals surface area contributed by atoms with Crippen molar-refractivity contribution in [3.8, 4) is 5.75 Å². The van der Waals surface area contributed by atoms with Gasteiger partial charge in [0.1, 0.15) is 28.9 Å². The van der Waals surface area contributed by atoms with E-state index in [4.69, 9.17) is 4.74 Å².